The van der Waals surface area contributed by atoms with Crippen molar-refractivity contribution in [2.75, 3.05) is 0 Å². The van der Waals surface area contributed by atoms with E-state index < -0.39 is 0 Å². The van der Waals surface area contributed by atoms with Gasteiger partial charge in [-0.3, -0.25) is 4.98 Å². The quantitative estimate of drug-likeness (QED) is 0.844. The van der Waals surface area contributed by atoms with Gasteiger partial charge in [-0.25, -0.2) is 4.98 Å². The van der Waals surface area contributed by atoms with Crippen molar-refractivity contribution in [2.45, 2.75) is 38.6 Å². The van der Waals surface area contributed by atoms with Gasteiger partial charge in [0, 0.05) is 31.3 Å². The van der Waals surface area contributed by atoms with Gasteiger partial charge in [0.05, 0.1) is 11.8 Å². The van der Waals surface area contributed by atoms with Crippen LogP contribution in [0.3, 0.4) is 0 Å². The summed E-state index contributed by atoms with van der Waals surface area (Å²) in [5, 5.41) is 8.76. The Balaban J connectivity index is 2.05. The van der Waals surface area contributed by atoms with Crippen LogP contribution in [0.2, 0.25) is 0 Å². The van der Waals surface area contributed by atoms with E-state index in [4.69, 9.17) is 10.2 Å². The Hall–Kier alpha value is -2.15. The predicted molar refractivity (Wildman–Crippen MR) is 72.3 cm³/mol. The first kappa shape index (κ1) is 11.9. The van der Waals surface area contributed by atoms with E-state index in [1.807, 2.05) is 18.2 Å². The minimum Gasteiger partial charge on any atom is -0.327 e. The highest BCUT2D eigenvalue weighted by atomic mass is 15.1. The highest BCUT2D eigenvalue weighted by molar-refractivity contribution is 5.52. The molecule has 0 saturated carbocycles. The topological polar surface area (TPSA) is 54.5 Å². The van der Waals surface area contributed by atoms with Gasteiger partial charge in [0.25, 0.3) is 0 Å². The molecule has 96 valence electrons. The summed E-state index contributed by atoms with van der Waals surface area (Å²) < 4.78 is 2.29. The van der Waals surface area contributed by atoms with Crippen LogP contribution >= 0.6 is 0 Å². The van der Waals surface area contributed by atoms with Gasteiger partial charge in [-0.05, 0) is 31.4 Å². The van der Waals surface area contributed by atoms with E-state index in [-0.39, 0.29) is 0 Å². The summed E-state index contributed by atoms with van der Waals surface area (Å²) in [7, 11) is 0. The van der Waals surface area contributed by atoms with Crippen molar-refractivity contribution in [2.24, 2.45) is 0 Å². The van der Waals surface area contributed by atoms with Gasteiger partial charge in [0.2, 0.25) is 0 Å². The van der Waals surface area contributed by atoms with Crippen molar-refractivity contribution >= 4 is 0 Å². The fourth-order valence-electron chi connectivity index (χ4n) is 2.68. The van der Waals surface area contributed by atoms with Crippen molar-refractivity contribution in [1.29, 1.82) is 5.26 Å². The number of hydrogen-bond donors (Lipinski definition) is 0. The molecule has 0 aromatic carbocycles. The van der Waals surface area contributed by atoms with Crippen molar-refractivity contribution < 1.29 is 0 Å². The molecule has 4 nitrogen and oxygen atoms in total. The molecule has 1 aliphatic heterocycles. The standard InChI is InChI=1S/C15H16N4/c16-9-5-7-12-14-8-2-4-11-19(14)15(18-12)13-6-1-3-10-17-13/h1,3,6,10H,2,4-5,7-8,11H2. The molecule has 3 rings (SSSR count). The fourth-order valence-corrected chi connectivity index (χ4v) is 2.68. The summed E-state index contributed by atoms with van der Waals surface area (Å²) in [6, 6.07) is 8.11. The number of aromatic nitrogens is 3. The number of imidazole rings is 1. The number of fused-ring (bicyclic) bond motifs is 1. The molecule has 1 aliphatic rings. The maximum absolute atomic E-state index is 8.76. The minimum absolute atomic E-state index is 0.533. The van der Waals surface area contributed by atoms with E-state index in [9.17, 15) is 0 Å². The molecule has 3 heterocycles. The Morgan fingerprint density at radius 1 is 1.32 bits per heavy atom. The molecule has 0 spiro atoms. The highest BCUT2D eigenvalue weighted by Crippen LogP contribution is 2.27. The lowest BCUT2D eigenvalue weighted by Gasteiger charge is -2.17. The Kier molecular flexibility index (Phi) is 3.28. The number of aryl methyl sites for hydroxylation is 1. The third-order valence-corrected chi connectivity index (χ3v) is 3.57. The van der Waals surface area contributed by atoms with Crippen molar-refractivity contribution in [1.82, 2.24) is 14.5 Å². The van der Waals surface area contributed by atoms with Crippen LogP contribution in [-0.4, -0.2) is 14.5 Å². The summed E-state index contributed by atoms with van der Waals surface area (Å²) in [5.74, 6) is 0.961. The van der Waals surface area contributed by atoms with E-state index in [0.29, 0.717) is 6.42 Å². The third-order valence-electron chi connectivity index (χ3n) is 3.57. The molecule has 0 atom stereocenters. The summed E-state index contributed by atoms with van der Waals surface area (Å²) in [6.45, 7) is 1.01. The van der Waals surface area contributed by atoms with Gasteiger partial charge in [-0.1, -0.05) is 6.07 Å². The van der Waals surface area contributed by atoms with Gasteiger partial charge in [0.1, 0.15) is 5.69 Å². The average molecular weight is 252 g/mol. The normalized spacial score (nSPS) is 13.8. The van der Waals surface area contributed by atoms with Gasteiger partial charge in [-0.2, -0.15) is 5.26 Å². The monoisotopic (exact) mass is 252 g/mol. The van der Waals surface area contributed by atoms with Gasteiger partial charge >= 0.3 is 0 Å². The molecular formula is C15H16N4. The molecule has 0 amide bonds. The molecule has 0 fully saturated rings. The number of nitrogens with zero attached hydrogens (tertiary/aromatic N) is 4. The molecule has 2 aromatic heterocycles. The van der Waals surface area contributed by atoms with Crippen molar-refractivity contribution in [3.8, 4) is 17.6 Å². The predicted octanol–water partition coefficient (Wildman–Crippen LogP) is 2.74. The van der Waals surface area contributed by atoms with Crippen LogP contribution in [0, 0.1) is 11.3 Å². The molecule has 4 heteroatoms. The van der Waals surface area contributed by atoms with Crippen LogP contribution < -0.4 is 0 Å². The fraction of sp³-hybridized carbons (Fsp3) is 0.400. The zero-order valence-electron chi connectivity index (χ0n) is 10.8. The number of rotatable bonds is 3. The van der Waals surface area contributed by atoms with E-state index in [1.165, 1.54) is 18.5 Å². The van der Waals surface area contributed by atoms with Crippen LogP contribution in [0.5, 0.6) is 0 Å². The van der Waals surface area contributed by atoms with Gasteiger partial charge in [-0.15, -0.1) is 0 Å². The van der Waals surface area contributed by atoms with E-state index in [1.54, 1.807) is 6.20 Å². The van der Waals surface area contributed by atoms with Crippen LogP contribution in [-0.2, 0) is 19.4 Å². The molecule has 2 aromatic rings. The second kappa shape index (κ2) is 5.23. The minimum atomic E-state index is 0.533. The van der Waals surface area contributed by atoms with Crippen molar-refractivity contribution in [3.05, 3.63) is 35.8 Å². The highest BCUT2D eigenvalue weighted by Gasteiger charge is 2.20. The number of hydrogen-bond acceptors (Lipinski definition) is 3. The maximum Gasteiger partial charge on any atom is 0.159 e. The first-order valence-corrected chi connectivity index (χ1v) is 6.77. The molecule has 0 radical (unpaired) electrons. The summed E-state index contributed by atoms with van der Waals surface area (Å²) in [4.78, 5) is 9.15. The smallest absolute Gasteiger partial charge is 0.159 e. The number of pyridine rings is 1. The molecule has 0 N–H and O–H groups in total. The lowest BCUT2D eigenvalue weighted by atomic mass is 10.1. The van der Waals surface area contributed by atoms with Crippen LogP contribution in [0.4, 0.5) is 0 Å². The molecular weight excluding hydrogens is 236 g/mol. The largest absolute Gasteiger partial charge is 0.327 e. The van der Waals surface area contributed by atoms with E-state index in [2.05, 4.69) is 15.6 Å². The van der Waals surface area contributed by atoms with Crippen LogP contribution in [0.25, 0.3) is 11.5 Å². The van der Waals surface area contributed by atoms with Gasteiger partial charge in [0.15, 0.2) is 5.82 Å². The SMILES string of the molecule is N#CCCc1nc(-c2ccccn2)n2c1CCCC2. The van der Waals surface area contributed by atoms with Crippen LogP contribution in [0.15, 0.2) is 24.4 Å². The lowest BCUT2D eigenvalue weighted by molar-refractivity contribution is 0.532. The van der Waals surface area contributed by atoms with E-state index >= 15 is 0 Å². The average Bonchev–Trinajstić information content (AvgIpc) is 2.85. The molecule has 0 bridgehead atoms. The Bertz CT molecular complexity index is 607. The summed E-state index contributed by atoms with van der Waals surface area (Å²) in [5.41, 5.74) is 3.32. The van der Waals surface area contributed by atoms with E-state index in [0.717, 1.165) is 36.6 Å². The first-order chi connectivity index (χ1) is 9.40. The first-order valence-electron chi connectivity index (χ1n) is 6.77. The second-order valence-electron chi connectivity index (χ2n) is 4.81. The summed E-state index contributed by atoms with van der Waals surface area (Å²) >= 11 is 0. The zero-order chi connectivity index (χ0) is 13.1. The lowest BCUT2D eigenvalue weighted by Crippen LogP contribution is -2.12. The molecule has 19 heavy (non-hydrogen) atoms. The van der Waals surface area contributed by atoms with Crippen LogP contribution in [0.1, 0.15) is 30.7 Å². The molecule has 0 saturated heterocycles. The second-order valence-corrected chi connectivity index (χ2v) is 4.81. The Morgan fingerprint density at radius 3 is 3.05 bits per heavy atom. The third kappa shape index (κ3) is 2.24. The zero-order valence-corrected chi connectivity index (χ0v) is 10.8. The van der Waals surface area contributed by atoms with Gasteiger partial charge < -0.3 is 4.57 Å². The summed E-state index contributed by atoms with van der Waals surface area (Å²) in [6.07, 6.45) is 6.56. The Labute approximate surface area is 112 Å². The number of nitriles is 1. The maximum atomic E-state index is 8.76. The molecule has 0 aliphatic carbocycles. The van der Waals surface area contributed by atoms with Crippen molar-refractivity contribution in [3.63, 3.8) is 0 Å². The molecule has 0 unspecified atom stereocenters. The Morgan fingerprint density at radius 2 is 2.26 bits per heavy atom.